The molecule has 3 rings (SSSR count). The van der Waals surface area contributed by atoms with Gasteiger partial charge in [0.05, 0.1) is 0 Å². The Morgan fingerprint density at radius 3 is 2.54 bits per heavy atom. The molecule has 0 atom stereocenters. The van der Waals surface area contributed by atoms with Gasteiger partial charge in [0.25, 0.3) is 0 Å². The fourth-order valence-corrected chi connectivity index (χ4v) is 3.02. The van der Waals surface area contributed by atoms with Crippen LogP contribution in [0, 0.1) is 11.3 Å². The van der Waals surface area contributed by atoms with Gasteiger partial charge in [-0.05, 0) is 36.0 Å². The number of halogens is 1. The molecule has 0 fully saturated rings. The molecular weight excluding hydrogens is 388 g/mol. The summed E-state index contributed by atoms with van der Waals surface area (Å²) in [7, 11) is 0. The number of hydrogen-bond acceptors (Lipinski definition) is 6. The number of hydrogen-bond donors (Lipinski definition) is 0. The fraction of sp³-hybridized carbons (Fsp3) is 0.0625. The van der Waals surface area contributed by atoms with Gasteiger partial charge in [0.2, 0.25) is 0 Å². The predicted molar refractivity (Wildman–Crippen MR) is 94.2 cm³/mol. The van der Waals surface area contributed by atoms with Crippen molar-refractivity contribution in [1.82, 2.24) is 25.0 Å². The highest BCUT2D eigenvalue weighted by Crippen LogP contribution is 2.28. The van der Waals surface area contributed by atoms with Crippen molar-refractivity contribution in [3.8, 4) is 17.5 Å². The van der Waals surface area contributed by atoms with Crippen molar-refractivity contribution < 1.29 is 0 Å². The number of aromatic nitrogens is 5. The average Bonchev–Trinajstić information content (AvgIpc) is 2.99. The van der Waals surface area contributed by atoms with Crippen LogP contribution in [0.3, 0.4) is 0 Å². The lowest BCUT2D eigenvalue weighted by Crippen LogP contribution is -2.01. The Labute approximate surface area is 151 Å². The first-order valence-corrected chi connectivity index (χ1v) is 8.54. The summed E-state index contributed by atoms with van der Waals surface area (Å²) in [6, 6.07) is 13.2. The van der Waals surface area contributed by atoms with Crippen LogP contribution in [0.2, 0.25) is 0 Å². The van der Waals surface area contributed by atoms with Crippen LogP contribution in [0.4, 0.5) is 0 Å². The van der Waals surface area contributed by atoms with E-state index in [9.17, 15) is 0 Å². The molecule has 0 saturated carbocycles. The maximum Gasteiger partial charge on any atom is 0.198 e. The van der Waals surface area contributed by atoms with E-state index in [0.717, 1.165) is 15.9 Å². The third kappa shape index (κ3) is 3.53. The number of allylic oxidation sites excluding steroid dienone is 1. The van der Waals surface area contributed by atoms with Gasteiger partial charge in [-0.2, -0.15) is 5.26 Å². The zero-order chi connectivity index (χ0) is 16.9. The Hall–Kier alpha value is -2.50. The normalized spacial score (nSPS) is 10.3. The van der Waals surface area contributed by atoms with E-state index in [-0.39, 0.29) is 5.69 Å². The zero-order valence-electron chi connectivity index (χ0n) is 12.4. The molecule has 0 unspecified atom stereocenters. The molecule has 0 bridgehead atoms. The van der Waals surface area contributed by atoms with Gasteiger partial charge in [-0.15, -0.1) is 27.0 Å². The van der Waals surface area contributed by atoms with Crippen LogP contribution in [0.5, 0.6) is 0 Å². The first-order chi connectivity index (χ1) is 11.7. The topological polar surface area (TPSA) is 80.3 Å². The molecule has 2 aromatic heterocycles. The molecular formula is C16H11BrN6S. The van der Waals surface area contributed by atoms with E-state index in [4.69, 9.17) is 5.26 Å². The minimum absolute atomic E-state index is 0.280. The molecule has 0 saturated heterocycles. The lowest BCUT2D eigenvalue weighted by molar-refractivity contribution is 0.729. The number of nitrogens with zero attached hydrogens (tertiary/aromatic N) is 6. The number of rotatable bonds is 5. The molecule has 0 radical (unpaired) electrons. The monoisotopic (exact) mass is 398 g/mol. The van der Waals surface area contributed by atoms with Crippen molar-refractivity contribution >= 4 is 27.7 Å². The van der Waals surface area contributed by atoms with Crippen molar-refractivity contribution in [1.29, 1.82) is 5.26 Å². The van der Waals surface area contributed by atoms with Gasteiger partial charge in [-0.3, -0.25) is 4.57 Å². The first-order valence-electron chi connectivity index (χ1n) is 6.93. The summed E-state index contributed by atoms with van der Waals surface area (Å²) in [5.41, 5.74) is 1.24. The molecule has 0 spiro atoms. The van der Waals surface area contributed by atoms with E-state index in [1.54, 1.807) is 18.2 Å². The Morgan fingerprint density at radius 2 is 1.92 bits per heavy atom. The first kappa shape index (κ1) is 16.4. The maximum atomic E-state index is 8.78. The van der Waals surface area contributed by atoms with Crippen LogP contribution >= 0.6 is 27.7 Å². The van der Waals surface area contributed by atoms with Gasteiger partial charge in [0.1, 0.15) is 11.1 Å². The summed E-state index contributed by atoms with van der Waals surface area (Å²) in [5, 5.41) is 26.5. The Bertz CT molecular complexity index is 896. The van der Waals surface area contributed by atoms with E-state index in [1.807, 2.05) is 34.9 Å². The molecule has 1 aromatic carbocycles. The Kier molecular flexibility index (Phi) is 5.03. The summed E-state index contributed by atoms with van der Waals surface area (Å²) in [5.74, 6) is 0.756. The molecule has 118 valence electrons. The molecule has 3 aromatic rings. The molecule has 8 heteroatoms. The van der Waals surface area contributed by atoms with Crippen LogP contribution in [-0.2, 0) is 6.54 Å². The highest BCUT2D eigenvalue weighted by Gasteiger charge is 2.15. The molecule has 0 amide bonds. The Balaban J connectivity index is 1.94. The molecule has 0 aliphatic rings. The fourth-order valence-electron chi connectivity index (χ4n) is 2.00. The van der Waals surface area contributed by atoms with Crippen LogP contribution in [-0.4, -0.2) is 25.0 Å². The summed E-state index contributed by atoms with van der Waals surface area (Å²) in [4.78, 5) is 0. The summed E-state index contributed by atoms with van der Waals surface area (Å²) < 4.78 is 2.96. The standard InChI is InChI=1S/C16H11BrN6S/c1-2-9-23-15(11-3-5-12(17)6-4-11)21-22-16(23)24-14-8-7-13(10-18)19-20-14/h2-8H,1,9H2. The van der Waals surface area contributed by atoms with Gasteiger partial charge in [0, 0.05) is 16.6 Å². The second-order valence-corrected chi connectivity index (χ2v) is 6.59. The highest BCUT2D eigenvalue weighted by atomic mass is 79.9. The average molecular weight is 399 g/mol. The number of nitriles is 1. The van der Waals surface area contributed by atoms with E-state index < -0.39 is 0 Å². The molecule has 6 nitrogen and oxygen atoms in total. The molecule has 0 aliphatic heterocycles. The lowest BCUT2D eigenvalue weighted by Gasteiger charge is -2.07. The summed E-state index contributed by atoms with van der Waals surface area (Å²) in [6.45, 7) is 4.37. The SMILES string of the molecule is C=CCn1c(Sc2ccc(C#N)nn2)nnc1-c1ccc(Br)cc1. The van der Waals surface area contributed by atoms with Crippen LogP contribution < -0.4 is 0 Å². The van der Waals surface area contributed by atoms with Crippen LogP contribution in [0.15, 0.2) is 63.7 Å². The van der Waals surface area contributed by atoms with E-state index in [2.05, 4.69) is 42.9 Å². The van der Waals surface area contributed by atoms with Crippen molar-refractivity contribution in [2.24, 2.45) is 0 Å². The third-order valence-corrected chi connectivity index (χ3v) is 4.52. The van der Waals surface area contributed by atoms with Crippen molar-refractivity contribution in [3.63, 3.8) is 0 Å². The van der Waals surface area contributed by atoms with Gasteiger partial charge in [-0.25, -0.2) is 0 Å². The highest BCUT2D eigenvalue weighted by molar-refractivity contribution is 9.10. The third-order valence-electron chi connectivity index (χ3n) is 3.08. The van der Waals surface area contributed by atoms with Crippen LogP contribution in [0.25, 0.3) is 11.4 Å². The lowest BCUT2D eigenvalue weighted by atomic mass is 10.2. The Morgan fingerprint density at radius 1 is 1.12 bits per heavy atom. The van der Waals surface area contributed by atoms with Crippen molar-refractivity contribution in [2.45, 2.75) is 16.7 Å². The molecule has 0 N–H and O–H groups in total. The van der Waals surface area contributed by atoms with Crippen LogP contribution in [0.1, 0.15) is 5.69 Å². The summed E-state index contributed by atoms with van der Waals surface area (Å²) in [6.07, 6.45) is 1.79. The van der Waals surface area contributed by atoms with E-state index >= 15 is 0 Å². The van der Waals surface area contributed by atoms with Crippen molar-refractivity contribution in [2.75, 3.05) is 0 Å². The number of benzene rings is 1. The zero-order valence-corrected chi connectivity index (χ0v) is 14.8. The van der Waals surface area contributed by atoms with E-state index in [0.29, 0.717) is 16.7 Å². The molecule has 0 aliphatic carbocycles. The second kappa shape index (κ2) is 7.38. The largest absolute Gasteiger partial charge is 0.298 e. The van der Waals surface area contributed by atoms with E-state index in [1.165, 1.54) is 11.8 Å². The minimum Gasteiger partial charge on any atom is -0.298 e. The second-order valence-electron chi connectivity index (χ2n) is 4.68. The minimum atomic E-state index is 0.280. The maximum absolute atomic E-state index is 8.78. The van der Waals surface area contributed by atoms with Gasteiger partial charge in [-0.1, -0.05) is 34.1 Å². The van der Waals surface area contributed by atoms with Gasteiger partial charge in [0.15, 0.2) is 16.7 Å². The quantitative estimate of drug-likeness (QED) is 0.609. The smallest absolute Gasteiger partial charge is 0.198 e. The predicted octanol–water partition coefficient (Wildman–Crippen LogP) is 3.71. The molecule has 2 heterocycles. The van der Waals surface area contributed by atoms with Gasteiger partial charge < -0.3 is 0 Å². The van der Waals surface area contributed by atoms with Gasteiger partial charge >= 0.3 is 0 Å². The molecule has 24 heavy (non-hydrogen) atoms. The summed E-state index contributed by atoms with van der Waals surface area (Å²) >= 11 is 4.77. The van der Waals surface area contributed by atoms with Crippen molar-refractivity contribution in [3.05, 3.63) is 59.2 Å².